The zero-order chi connectivity index (χ0) is 19.8. The zero-order valence-electron chi connectivity index (χ0n) is 17.0. The number of aromatic nitrogens is 2. The van der Waals surface area contributed by atoms with Crippen molar-refractivity contribution in [1.82, 2.24) is 9.78 Å². The minimum atomic E-state index is 0. The number of hydrogen-bond donors (Lipinski definition) is 2. The second-order valence-corrected chi connectivity index (χ2v) is 5.93. The summed E-state index contributed by atoms with van der Waals surface area (Å²) in [6.07, 6.45) is 1.01. The molecule has 0 radical (unpaired) electrons. The minimum Gasteiger partial charge on any atom is -0.495 e. The molecular formula is C21H29ClN4O2. The van der Waals surface area contributed by atoms with Crippen molar-refractivity contribution >= 4 is 18.1 Å². The van der Waals surface area contributed by atoms with E-state index in [0.29, 0.717) is 0 Å². The number of hydrogen-bond acceptors (Lipinski definition) is 5. The number of halogens is 1. The monoisotopic (exact) mass is 404 g/mol. The van der Waals surface area contributed by atoms with Crippen molar-refractivity contribution in [2.75, 3.05) is 19.6 Å². The van der Waals surface area contributed by atoms with E-state index in [1.165, 1.54) is 11.3 Å². The molecule has 1 aromatic heterocycles. The van der Waals surface area contributed by atoms with Gasteiger partial charge in [-0.25, -0.2) is 4.68 Å². The molecule has 0 aliphatic rings. The van der Waals surface area contributed by atoms with Crippen molar-refractivity contribution in [2.24, 2.45) is 5.84 Å². The molecule has 0 saturated carbocycles. The Kier molecular flexibility index (Phi) is 9.35. The summed E-state index contributed by atoms with van der Waals surface area (Å²) in [5.41, 5.74) is 7.91. The van der Waals surface area contributed by atoms with Gasteiger partial charge in [-0.15, -0.1) is 12.4 Å². The van der Waals surface area contributed by atoms with Crippen LogP contribution in [0.2, 0.25) is 0 Å². The Hall–Kier alpha value is -2.70. The van der Waals surface area contributed by atoms with E-state index in [1.54, 1.807) is 14.2 Å². The molecule has 152 valence electrons. The highest BCUT2D eigenvalue weighted by atomic mass is 35.5. The van der Waals surface area contributed by atoms with Crippen LogP contribution in [0.5, 0.6) is 11.5 Å². The van der Waals surface area contributed by atoms with Gasteiger partial charge < -0.3 is 14.9 Å². The molecule has 0 aliphatic heterocycles. The number of aryl methyl sites for hydroxylation is 1. The number of rotatable bonds is 5. The number of hydrazine groups is 1. The quantitative estimate of drug-likeness (QED) is 0.485. The van der Waals surface area contributed by atoms with Gasteiger partial charge >= 0.3 is 0 Å². The second-order valence-electron chi connectivity index (χ2n) is 5.93. The summed E-state index contributed by atoms with van der Waals surface area (Å²) < 4.78 is 12.3. The average Bonchev–Trinajstić information content (AvgIpc) is 3.01. The summed E-state index contributed by atoms with van der Waals surface area (Å²) >= 11 is 0. The van der Waals surface area contributed by atoms with Gasteiger partial charge in [0.2, 0.25) is 0 Å². The number of para-hydroxylation sites is 4. The Bertz CT molecular complexity index is 858. The van der Waals surface area contributed by atoms with Crippen molar-refractivity contribution in [1.29, 1.82) is 0 Å². The topological polar surface area (TPSA) is 74.3 Å². The Morgan fingerprint density at radius 1 is 0.964 bits per heavy atom. The first-order valence-electron chi connectivity index (χ1n) is 8.85. The van der Waals surface area contributed by atoms with E-state index in [-0.39, 0.29) is 12.4 Å². The van der Waals surface area contributed by atoms with Crippen LogP contribution in [0, 0.1) is 13.8 Å². The van der Waals surface area contributed by atoms with Gasteiger partial charge in [0.1, 0.15) is 17.2 Å². The molecule has 7 heteroatoms. The minimum absolute atomic E-state index is 0. The number of nitrogen functional groups attached to an aromatic ring is 1. The molecular weight excluding hydrogens is 376 g/mol. The largest absolute Gasteiger partial charge is 0.495 e. The molecule has 0 spiro atoms. The fourth-order valence-electron chi connectivity index (χ4n) is 2.99. The molecule has 1 heterocycles. The summed E-state index contributed by atoms with van der Waals surface area (Å²) in [5, 5.41) is 4.60. The highest BCUT2D eigenvalue weighted by Crippen LogP contribution is 2.25. The van der Waals surface area contributed by atoms with Gasteiger partial charge in [0.15, 0.2) is 0 Å². The van der Waals surface area contributed by atoms with Gasteiger partial charge in [-0.3, -0.25) is 5.84 Å². The molecule has 0 saturated heterocycles. The van der Waals surface area contributed by atoms with Crippen LogP contribution in [0.4, 0.5) is 5.69 Å². The first-order chi connectivity index (χ1) is 13.1. The van der Waals surface area contributed by atoms with E-state index in [9.17, 15) is 0 Å². The molecule has 0 fully saturated rings. The van der Waals surface area contributed by atoms with Crippen LogP contribution in [0.25, 0.3) is 5.69 Å². The number of anilines is 1. The Balaban J connectivity index is 0.000000307. The van der Waals surface area contributed by atoms with Crippen molar-refractivity contribution in [3.8, 4) is 17.2 Å². The van der Waals surface area contributed by atoms with Crippen LogP contribution in [-0.2, 0) is 6.42 Å². The number of nitrogens with two attached hydrogens (primary N) is 1. The van der Waals surface area contributed by atoms with E-state index in [4.69, 9.17) is 15.3 Å². The van der Waals surface area contributed by atoms with Gasteiger partial charge in [0.05, 0.1) is 25.6 Å². The molecule has 0 aliphatic carbocycles. The normalized spacial score (nSPS) is 9.64. The van der Waals surface area contributed by atoms with Gasteiger partial charge in [-0.2, -0.15) is 5.10 Å². The maximum Gasteiger partial charge on any atom is 0.144 e. The highest BCUT2D eigenvalue weighted by molar-refractivity contribution is 5.85. The number of benzene rings is 2. The predicted octanol–water partition coefficient (Wildman–Crippen LogP) is 4.46. The number of nitrogens with zero attached hydrogens (tertiary/aromatic N) is 2. The highest BCUT2D eigenvalue weighted by Gasteiger charge is 2.13. The molecule has 3 rings (SSSR count). The van der Waals surface area contributed by atoms with Crippen molar-refractivity contribution in [3.63, 3.8) is 0 Å². The van der Waals surface area contributed by atoms with E-state index in [1.807, 2.05) is 53.2 Å². The van der Waals surface area contributed by atoms with Crippen molar-refractivity contribution in [3.05, 3.63) is 65.5 Å². The van der Waals surface area contributed by atoms with E-state index < -0.39 is 0 Å². The lowest BCUT2D eigenvalue weighted by molar-refractivity contribution is 0.411. The number of ether oxygens (including phenoxy) is 2. The average molecular weight is 405 g/mol. The van der Waals surface area contributed by atoms with Crippen LogP contribution in [0.15, 0.2) is 48.5 Å². The fourth-order valence-corrected chi connectivity index (χ4v) is 2.99. The predicted molar refractivity (Wildman–Crippen MR) is 117 cm³/mol. The molecule has 3 aromatic rings. The van der Waals surface area contributed by atoms with Crippen LogP contribution >= 0.6 is 12.4 Å². The Labute approximate surface area is 173 Å². The lowest BCUT2D eigenvalue weighted by Crippen LogP contribution is -2.07. The fraction of sp³-hybridized carbons (Fsp3) is 0.286. The Morgan fingerprint density at radius 3 is 2.04 bits per heavy atom. The van der Waals surface area contributed by atoms with Crippen molar-refractivity contribution in [2.45, 2.75) is 27.2 Å². The molecule has 0 bridgehead atoms. The number of nitrogens with one attached hydrogen (secondary N) is 1. The van der Waals surface area contributed by atoms with Gasteiger partial charge in [-0.1, -0.05) is 31.2 Å². The zero-order valence-corrected chi connectivity index (χ0v) is 17.8. The molecule has 3 N–H and O–H groups in total. The summed E-state index contributed by atoms with van der Waals surface area (Å²) in [6, 6.07) is 15.4. The van der Waals surface area contributed by atoms with E-state index >= 15 is 0 Å². The van der Waals surface area contributed by atoms with Gasteiger partial charge in [0.25, 0.3) is 0 Å². The van der Waals surface area contributed by atoms with E-state index in [0.717, 1.165) is 35.0 Å². The molecule has 2 aromatic carbocycles. The van der Waals surface area contributed by atoms with Crippen LogP contribution in [-0.4, -0.2) is 24.0 Å². The lowest BCUT2D eigenvalue weighted by Gasteiger charge is -2.09. The molecule has 6 nitrogen and oxygen atoms in total. The maximum absolute atomic E-state index is 5.38. The third-order valence-corrected chi connectivity index (χ3v) is 4.37. The third-order valence-electron chi connectivity index (χ3n) is 4.37. The van der Waals surface area contributed by atoms with Crippen molar-refractivity contribution < 1.29 is 9.47 Å². The maximum atomic E-state index is 5.38. The van der Waals surface area contributed by atoms with Gasteiger partial charge in [-0.05, 0) is 50.1 Å². The first kappa shape index (κ1) is 23.3. The second kappa shape index (κ2) is 11.2. The van der Waals surface area contributed by atoms with Gasteiger partial charge in [0, 0.05) is 5.69 Å². The van der Waals surface area contributed by atoms with Crippen LogP contribution < -0.4 is 20.7 Å². The van der Waals surface area contributed by atoms with E-state index in [2.05, 4.69) is 31.3 Å². The first-order valence-corrected chi connectivity index (χ1v) is 8.85. The third kappa shape index (κ3) is 5.18. The standard InChI is InChI=1S/C14H18N2O.C7H10N2O.ClH/c1-5-12-10(2)15-16(11(12)3)13-8-6-7-9-14(13)17-4;1-10-7-5-3-2-4-6(7)9-8;/h6-9H,5H2,1-4H3;2-5,9H,8H2,1H3;1H. The summed E-state index contributed by atoms with van der Waals surface area (Å²) in [6.45, 7) is 6.31. The smallest absolute Gasteiger partial charge is 0.144 e. The van der Waals surface area contributed by atoms with Crippen LogP contribution in [0.3, 0.4) is 0 Å². The molecule has 0 unspecified atom stereocenters. The molecule has 28 heavy (non-hydrogen) atoms. The van der Waals surface area contributed by atoms with Crippen LogP contribution in [0.1, 0.15) is 23.9 Å². The summed E-state index contributed by atoms with van der Waals surface area (Å²) in [7, 11) is 3.29. The number of methoxy groups -OCH3 is 2. The summed E-state index contributed by atoms with van der Waals surface area (Å²) in [4.78, 5) is 0. The molecule has 0 atom stereocenters. The Morgan fingerprint density at radius 2 is 1.54 bits per heavy atom. The lowest BCUT2D eigenvalue weighted by atomic mass is 10.1. The SMILES string of the molecule is CCc1c(C)nn(-c2ccccc2OC)c1C.COc1ccccc1NN.Cl. The molecule has 0 amide bonds. The summed E-state index contributed by atoms with van der Waals surface area (Å²) in [5.74, 6) is 6.80.